The van der Waals surface area contributed by atoms with Gasteiger partial charge in [-0.15, -0.1) is 0 Å². The van der Waals surface area contributed by atoms with Crippen molar-refractivity contribution in [1.29, 1.82) is 0 Å². The molecule has 5 heteroatoms. The summed E-state index contributed by atoms with van der Waals surface area (Å²) in [6.07, 6.45) is 0.842. The molecule has 3 aromatic carbocycles. The minimum absolute atomic E-state index is 0.205. The lowest BCUT2D eigenvalue weighted by atomic mass is 10.1. The molecule has 0 aliphatic rings. The standard InChI is InChI=1S/C24H25BrFNO2/c1-2-28-23-14-20(16-27-13-12-18-8-10-21(26)11-9-18)22(25)15-24(23)29-17-19-6-4-3-5-7-19/h3-11,14-15,27H,2,12-13,16-17H2,1H3. The molecule has 0 saturated carbocycles. The van der Waals surface area contributed by atoms with Crippen molar-refractivity contribution >= 4 is 15.9 Å². The van der Waals surface area contributed by atoms with Crippen molar-refractivity contribution < 1.29 is 13.9 Å². The van der Waals surface area contributed by atoms with Crippen molar-refractivity contribution in [1.82, 2.24) is 5.32 Å². The van der Waals surface area contributed by atoms with Gasteiger partial charge in [-0.1, -0.05) is 58.4 Å². The van der Waals surface area contributed by atoms with Gasteiger partial charge in [0.2, 0.25) is 0 Å². The molecule has 0 aliphatic carbocycles. The van der Waals surface area contributed by atoms with Crippen LogP contribution in [0.5, 0.6) is 11.5 Å². The molecule has 152 valence electrons. The number of halogens is 2. The zero-order chi connectivity index (χ0) is 20.5. The molecule has 0 amide bonds. The Kier molecular flexibility index (Phi) is 8.08. The van der Waals surface area contributed by atoms with Gasteiger partial charge in [0.25, 0.3) is 0 Å². The third kappa shape index (κ3) is 6.58. The first-order chi connectivity index (χ1) is 14.2. The smallest absolute Gasteiger partial charge is 0.162 e. The maximum Gasteiger partial charge on any atom is 0.162 e. The molecule has 0 heterocycles. The molecule has 0 atom stereocenters. The summed E-state index contributed by atoms with van der Waals surface area (Å²) in [6.45, 7) is 4.52. The zero-order valence-corrected chi connectivity index (χ0v) is 18.0. The summed E-state index contributed by atoms with van der Waals surface area (Å²) in [5, 5.41) is 3.43. The summed E-state index contributed by atoms with van der Waals surface area (Å²) in [5.74, 6) is 1.25. The summed E-state index contributed by atoms with van der Waals surface area (Å²) in [5.41, 5.74) is 3.31. The molecule has 0 bridgehead atoms. The maximum atomic E-state index is 13.0. The largest absolute Gasteiger partial charge is 0.490 e. The molecule has 1 N–H and O–H groups in total. The Hall–Kier alpha value is -2.37. The molecule has 3 rings (SSSR count). The summed E-state index contributed by atoms with van der Waals surface area (Å²) in [7, 11) is 0. The van der Waals surface area contributed by atoms with Gasteiger partial charge in [-0.2, -0.15) is 0 Å². The lowest BCUT2D eigenvalue weighted by molar-refractivity contribution is 0.269. The van der Waals surface area contributed by atoms with E-state index in [0.29, 0.717) is 19.8 Å². The monoisotopic (exact) mass is 457 g/mol. The van der Waals surface area contributed by atoms with E-state index in [-0.39, 0.29) is 5.82 Å². The average Bonchev–Trinajstić information content (AvgIpc) is 2.74. The van der Waals surface area contributed by atoms with Crippen molar-refractivity contribution in [3.63, 3.8) is 0 Å². The summed E-state index contributed by atoms with van der Waals surface area (Å²) >= 11 is 3.65. The second kappa shape index (κ2) is 11.0. The fourth-order valence-corrected chi connectivity index (χ4v) is 3.40. The van der Waals surface area contributed by atoms with Gasteiger partial charge in [-0.05, 0) is 60.8 Å². The van der Waals surface area contributed by atoms with Crippen LogP contribution in [0.3, 0.4) is 0 Å². The van der Waals surface area contributed by atoms with Gasteiger partial charge in [-0.25, -0.2) is 4.39 Å². The van der Waals surface area contributed by atoms with Crippen LogP contribution in [-0.2, 0) is 19.6 Å². The van der Waals surface area contributed by atoms with E-state index >= 15 is 0 Å². The average molecular weight is 458 g/mol. The summed E-state index contributed by atoms with van der Waals surface area (Å²) < 4.78 is 25.8. The molecule has 0 spiro atoms. The lowest BCUT2D eigenvalue weighted by Crippen LogP contribution is -2.17. The Labute approximate surface area is 180 Å². The van der Waals surface area contributed by atoms with Crippen LogP contribution in [0.1, 0.15) is 23.6 Å². The Balaban J connectivity index is 1.59. The summed E-state index contributed by atoms with van der Waals surface area (Å²) in [6, 6.07) is 20.7. The molecule has 0 aromatic heterocycles. The van der Waals surface area contributed by atoms with Gasteiger partial charge in [0.1, 0.15) is 12.4 Å². The van der Waals surface area contributed by atoms with E-state index in [2.05, 4.69) is 21.2 Å². The second-order valence-electron chi connectivity index (χ2n) is 6.65. The van der Waals surface area contributed by atoms with Crippen LogP contribution in [0.25, 0.3) is 0 Å². The number of nitrogens with one attached hydrogen (secondary N) is 1. The van der Waals surface area contributed by atoms with Gasteiger partial charge >= 0.3 is 0 Å². The molecule has 3 aromatic rings. The highest BCUT2D eigenvalue weighted by atomic mass is 79.9. The molecule has 0 unspecified atom stereocenters. The first-order valence-corrected chi connectivity index (χ1v) is 10.5. The topological polar surface area (TPSA) is 30.5 Å². The van der Waals surface area contributed by atoms with E-state index in [1.807, 2.05) is 61.5 Å². The van der Waals surface area contributed by atoms with Crippen molar-refractivity contribution in [2.75, 3.05) is 13.2 Å². The first kappa shape index (κ1) is 21.3. The van der Waals surface area contributed by atoms with Crippen LogP contribution in [-0.4, -0.2) is 13.2 Å². The fourth-order valence-electron chi connectivity index (χ4n) is 2.94. The van der Waals surface area contributed by atoms with Crippen LogP contribution in [0, 0.1) is 5.82 Å². The van der Waals surface area contributed by atoms with Crippen LogP contribution in [0.2, 0.25) is 0 Å². The number of ether oxygens (including phenoxy) is 2. The highest BCUT2D eigenvalue weighted by Crippen LogP contribution is 2.34. The van der Waals surface area contributed by atoms with Gasteiger partial charge in [0, 0.05) is 11.0 Å². The maximum absolute atomic E-state index is 13.0. The van der Waals surface area contributed by atoms with Crippen molar-refractivity contribution in [2.45, 2.75) is 26.5 Å². The Morgan fingerprint density at radius 3 is 2.34 bits per heavy atom. The lowest BCUT2D eigenvalue weighted by Gasteiger charge is -2.15. The van der Waals surface area contributed by atoms with E-state index in [1.54, 1.807) is 0 Å². The van der Waals surface area contributed by atoms with E-state index in [1.165, 1.54) is 12.1 Å². The Morgan fingerprint density at radius 1 is 0.897 bits per heavy atom. The third-order valence-corrected chi connectivity index (χ3v) is 5.21. The SMILES string of the molecule is CCOc1cc(CNCCc2ccc(F)cc2)c(Br)cc1OCc1ccccc1. The molecule has 29 heavy (non-hydrogen) atoms. The molecular weight excluding hydrogens is 433 g/mol. The molecular formula is C24H25BrFNO2. The van der Waals surface area contributed by atoms with Crippen LogP contribution < -0.4 is 14.8 Å². The normalized spacial score (nSPS) is 10.7. The van der Waals surface area contributed by atoms with Crippen molar-refractivity contribution in [3.05, 3.63) is 93.7 Å². The predicted molar refractivity (Wildman–Crippen MR) is 118 cm³/mol. The second-order valence-corrected chi connectivity index (χ2v) is 7.51. The van der Waals surface area contributed by atoms with E-state index in [9.17, 15) is 4.39 Å². The zero-order valence-electron chi connectivity index (χ0n) is 16.5. The van der Waals surface area contributed by atoms with Crippen LogP contribution >= 0.6 is 15.9 Å². The van der Waals surface area contributed by atoms with Crippen LogP contribution in [0.15, 0.2) is 71.2 Å². The van der Waals surface area contributed by atoms with Crippen molar-refractivity contribution in [3.8, 4) is 11.5 Å². The van der Waals surface area contributed by atoms with Crippen LogP contribution in [0.4, 0.5) is 4.39 Å². The number of benzene rings is 3. The number of rotatable bonds is 10. The molecule has 3 nitrogen and oxygen atoms in total. The molecule has 0 saturated heterocycles. The number of hydrogen-bond acceptors (Lipinski definition) is 3. The van der Waals surface area contributed by atoms with Gasteiger partial charge in [0.15, 0.2) is 11.5 Å². The van der Waals surface area contributed by atoms with Gasteiger partial charge in [-0.3, -0.25) is 0 Å². The summed E-state index contributed by atoms with van der Waals surface area (Å²) in [4.78, 5) is 0. The van der Waals surface area contributed by atoms with Crippen molar-refractivity contribution in [2.24, 2.45) is 0 Å². The number of hydrogen-bond donors (Lipinski definition) is 1. The van der Waals surface area contributed by atoms with E-state index < -0.39 is 0 Å². The predicted octanol–water partition coefficient (Wildman–Crippen LogP) is 5.90. The van der Waals surface area contributed by atoms with Gasteiger partial charge in [0.05, 0.1) is 6.61 Å². The Morgan fingerprint density at radius 2 is 1.62 bits per heavy atom. The van der Waals surface area contributed by atoms with Gasteiger partial charge < -0.3 is 14.8 Å². The highest BCUT2D eigenvalue weighted by molar-refractivity contribution is 9.10. The van der Waals surface area contributed by atoms with E-state index in [4.69, 9.17) is 9.47 Å². The third-order valence-electron chi connectivity index (χ3n) is 4.47. The quantitative estimate of drug-likeness (QED) is 0.384. The Bertz CT molecular complexity index is 901. The molecule has 0 fully saturated rings. The molecule has 0 aliphatic heterocycles. The first-order valence-electron chi connectivity index (χ1n) is 9.73. The van der Waals surface area contributed by atoms with E-state index in [0.717, 1.165) is 45.6 Å². The highest BCUT2D eigenvalue weighted by Gasteiger charge is 2.11. The molecule has 0 radical (unpaired) electrons. The minimum atomic E-state index is -0.205. The fraction of sp³-hybridized carbons (Fsp3) is 0.250. The minimum Gasteiger partial charge on any atom is -0.490 e.